The van der Waals surface area contributed by atoms with E-state index in [1.165, 1.54) is 24.3 Å². The van der Waals surface area contributed by atoms with Gasteiger partial charge in [0.25, 0.3) is 11.8 Å². The number of nitrogens with zero attached hydrogens (tertiary/aromatic N) is 2. The number of hydrogen-bond donors (Lipinski definition) is 0. The molecule has 0 saturated carbocycles. The summed E-state index contributed by atoms with van der Waals surface area (Å²) in [4.78, 5) is 33.1. The van der Waals surface area contributed by atoms with Crippen molar-refractivity contribution in [2.45, 2.75) is 25.7 Å². The van der Waals surface area contributed by atoms with Crippen LogP contribution in [0.3, 0.4) is 0 Å². The maximum atomic E-state index is 11.7. The fourth-order valence-electron chi connectivity index (χ4n) is 2.51. The molecule has 0 fully saturated rings. The fraction of sp³-hybridized carbons (Fsp3) is 0.364. The zero-order valence-electron chi connectivity index (χ0n) is 18.1. The summed E-state index contributed by atoms with van der Waals surface area (Å²) in [6, 6.07) is 14.5. The molecule has 0 N–H and O–H groups in total. The third kappa shape index (κ3) is 7.61. The van der Waals surface area contributed by atoms with Gasteiger partial charge in [0.15, 0.2) is 0 Å². The molecule has 0 bridgehead atoms. The second kappa shape index (κ2) is 12.5. The minimum Gasteiger partial charge on any atom is -0.275 e. The number of carbonyl (C=O) groups is 2. The highest BCUT2D eigenvalue weighted by Gasteiger charge is 2.19. The van der Waals surface area contributed by atoms with Crippen LogP contribution < -0.4 is 0 Å². The highest BCUT2D eigenvalue weighted by Crippen LogP contribution is 2.20. The van der Waals surface area contributed by atoms with Crippen LogP contribution in [0.5, 0.6) is 0 Å². The first-order chi connectivity index (χ1) is 14.1. The number of halogens is 2. The number of hydrogen-bond acceptors (Lipinski definition) is 4. The Balaban J connectivity index is 0.000000300. The van der Waals surface area contributed by atoms with Gasteiger partial charge in [0.2, 0.25) is 0 Å². The van der Waals surface area contributed by atoms with Crippen LogP contribution in [0.1, 0.15) is 36.8 Å². The average Bonchev–Trinajstić information content (AvgIpc) is 2.77. The summed E-state index contributed by atoms with van der Waals surface area (Å²) in [5.41, 5.74) is 1.85. The molecular formula is C22H28Cl2N2O4. The zero-order chi connectivity index (χ0) is 22.8. The molecule has 0 heterocycles. The van der Waals surface area contributed by atoms with E-state index in [1.54, 1.807) is 38.4 Å². The summed E-state index contributed by atoms with van der Waals surface area (Å²) in [7, 11) is 6.11. The fourth-order valence-corrected chi connectivity index (χ4v) is 2.77. The average molecular weight is 455 g/mol. The van der Waals surface area contributed by atoms with E-state index in [0.29, 0.717) is 10.0 Å². The quantitative estimate of drug-likeness (QED) is 0.580. The molecular weight excluding hydrogens is 427 g/mol. The molecule has 0 radical (unpaired) electrons. The Labute approximate surface area is 188 Å². The van der Waals surface area contributed by atoms with Crippen LogP contribution in [0.2, 0.25) is 10.0 Å². The van der Waals surface area contributed by atoms with E-state index < -0.39 is 0 Å². The van der Waals surface area contributed by atoms with Crippen molar-refractivity contribution in [2.24, 2.45) is 0 Å². The van der Waals surface area contributed by atoms with Crippen molar-refractivity contribution in [3.8, 4) is 0 Å². The summed E-state index contributed by atoms with van der Waals surface area (Å²) in [5.74, 6) is -0.626. The Morgan fingerprint density at radius 3 is 1.20 bits per heavy atom. The molecule has 6 nitrogen and oxygen atoms in total. The highest BCUT2D eigenvalue weighted by atomic mass is 35.5. The van der Waals surface area contributed by atoms with Gasteiger partial charge in [-0.15, -0.1) is 0 Å². The van der Waals surface area contributed by atoms with E-state index in [1.807, 2.05) is 38.1 Å². The minimum atomic E-state index is -0.229. The van der Waals surface area contributed by atoms with Gasteiger partial charge in [0.05, 0.1) is 26.1 Å². The van der Waals surface area contributed by atoms with Crippen LogP contribution >= 0.6 is 23.2 Å². The Bertz CT molecular complexity index is 743. The lowest BCUT2D eigenvalue weighted by atomic mass is 10.0. The first-order valence-electron chi connectivity index (χ1n) is 9.26. The number of carbonyl (C=O) groups excluding carboxylic acids is 2. The molecule has 8 heteroatoms. The van der Waals surface area contributed by atoms with Gasteiger partial charge in [-0.25, -0.2) is 10.1 Å². The summed E-state index contributed by atoms with van der Waals surface area (Å²) in [5, 5.41) is 3.77. The highest BCUT2D eigenvalue weighted by molar-refractivity contribution is 6.30. The van der Waals surface area contributed by atoms with Crippen LogP contribution in [-0.4, -0.2) is 50.3 Å². The summed E-state index contributed by atoms with van der Waals surface area (Å²) >= 11 is 11.5. The van der Waals surface area contributed by atoms with Crippen molar-refractivity contribution in [3.05, 3.63) is 69.7 Å². The van der Waals surface area contributed by atoms with Crippen molar-refractivity contribution in [1.29, 1.82) is 0 Å². The van der Waals surface area contributed by atoms with Gasteiger partial charge in [-0.05, 0) is 49.2 Å². The molecule has 0 saturated heterocycles. The zero-order valence-corrected chi connectivity index (χ0v) is 19.6. The molecule has 0 aliphatic carbocycles. The Kier molecular flexibility index (Phi) is 10.8. The maximum Gasteiger partial charge on any atom is 0.253 e. The van der Waals surface area contributed by atoms with Gasteiger partial charge in [0, 0.05) is 24.1 Å². The van der Waals surface area contributed by atoms with E-state index in [2.05, 4.69) is 0 Å². The van der Waals surface area contributed by atoms with E-state index in [9.17, 15) is 9.59 Å². The first kappa shape index (κ1) is 25.9. The van der Waals surface area contributed by atoms with E-state index in [-0.39, 0.29) is 23.7 Å². The van der Waals surface area contributed by atoms with Crippen molar-refractivity contribution >= 4 is 35.0 Å². The van der Waals surface area contributed by atoms with E-state index in [4.69, 9.17) is 32.9 Å². The van der Waals surface area contributed by atoms with Crippen LogP contribution in [0.25, 0.3) is 0 Å². The minimum absolute atomic E-state index is 0.0835. The third-order valence-electron chi connectivity index (χ3n) is 4.65. The Morgan fingerprint density at radius 2 is 0.967 bits per heavy atom. The molecule has 2 unspecified atom stereocenters. The van der Waals surface area contributed by atoms with Crippen LogP contribution in [0.15, 0.2) is 48.5 Å². The molecule has 2 rings (SSSR count). The van der Waals surface area contributed by atoms with Crippen molar-refractivity contribution in [3.63, 3.8) is 0 Å². The number of hydroxylamine groups is 4. The summed E-state index contributed by atoms with van der Waals surface area (Å²) < 4.78 is 0. The van der Waals surface area contributed by atoms with Crippen molar-refractivity contribution in [1.82, 2.24) is 10.1 Å². The van der Waals surface area contributed by atoms with Gasteiger partial charge in [0.1, 0.15) is 0 Å². The van der Waals surface area contributed by atoms with Gasteiger partial charge in [-0.1, -0.05) is 47.5 Å². The molecule has 2 amide bonds. The SMILES string of the molecule is CON(C)C(=O)C(C)c1ccc(Cl)cc1.CON(C)C(=O)C(C)c1ccc(Cl)cc1. The van der Waals surface area contributed by atoms with Gasteiger partial charge in [-0.2, -0.15) is 0 Å². The molecule has 2 aromatic rings. The Morgan fingerprint density at radius 1 is 0.700 bits per heavy atom. The lowest BCUT2D eigenvalue weighted by Crippen LogP contribution is -2.29. The van der Waals surface area contributed by atoms with Crippen molar-refractivity contribution in [2.75, 3.05) is 28.3 Å². The predicted octanol–water partition coefficient (Wildman–Crippen LogP) is 4.93. The molecule has 0 aromatic heterocycles. The number of amides is 2. The largest absolute Gasteiger partial charge is 0.275 e. The Hall–Kier alpha value is -2.12. The van der Waals surface area contributed by atoms with Gasteiger partial charge in [-0.3, -0.25) is 19.3 Å². The lowest BCUT2D eigenvalue weighted by molar-refractivity contribution is -0.170. The second-order valence-corrected chi connectivity index (χ2v) is 7.46. The maximum absolute atomic E-state index is 11.7. The summed E-state index contributed by atoms with van der Waals surface area (Å²) in [6.45, 7) is 3.67. The van der Waals surface area contributed by atoms with Crippen LogP contribution in [-0.2, 0) is 19.3 Å². The topological polar surface area (TPSA) is 59.1 Å². The number of benzene rings is 2. The predicted molar refractivity (Wildman–Crippen MR) is 119 cm³/mol. The molecule has 2 aromatic carbocycles. The second-order valence-electron chi connectivity index (χ2n) is 6.58. The molecule has 0 aliphatic rings. The van der Waals surface area contributed by atoms with Crippen LogP contribution in [0.4, 0.5) is 0 Å². The summed E-state index contributed by atoms with van der Waals surface area (Å²) in [6.07, 6.45) is 0. The third-order valence-corrected chi connectivity index (χ3v) is 5.15. The van der Waals surface area contributed by atoms with E-state index >= 15 is 0 Å². The molecule has 0 spiro atoms. The molecule has 164 valence electrons. The van der Waals surface area contributed by atoms with E-state index in [0.717, 1.165) is 11.1 Å². The number of likely N-dealkylation sites (N-methyl/N-ethyl adjacent to an activating group) is 2. The standard InChI is InChI=1S/2C11H14ClNO2/c2*1-8(11(14)13(2)15-3)9-4-6-10(12)7-5-9/h2*4-8H,1-3H3. The smallest absolute Gasteiger partial charge is 0.253 e. The normalized spacial score (nSPS) is 12.3. The van der Waals surface area contributed by atoms with Gasteiger partial charge < -0.3 is 0 Å². The lowest BCUT2D eigenvalue weighted by Gasteiger charge is -2.18. The monoisotopic (exact) mass is 454 g/mol. The number of rotatable bonds is 6. The van der Waals surface area contributed by atoms with Crippen molar-refractivity contribution < 1.29 is 19.3 Å². The van der Waals surface area contributed by atoms with Gasteiger partial charge >= 0.3 is 0 Å². The molecule has 30 heavy (non-hydrogen) atoms. The van der Waals surface area contributed by atoms with Crippen LogP contribution in [0, 0.1) is 0 Å². The molecule has 2 atom stereocenters. The first-order valence-corrected chi connectivity index (χ1v) is 10.0. The molecule has 0 aliphatic heterocycles.